The molecule has 152 valence electrons. The van der Waals surface area contributed by atoms with Gasteiger partial charge < -0.3 is 15.5 Å². The number of piperidine rings is 1. The minimum atomic E-state index is -0.757. The Morgan fingerprint density at radius 1 is 1.17 bits per heavy atom. The second-order valence-corrected chi connectivity index (χ2v) is 8.20. The highest BCUT2D eigenvalue weighted by atomic mass is 19.1. The van der Waals surface area contributed by atoms with Gasteiger partial charge in [0.25, 0.3) is 5.91 Å². The molecule has 2 heterocycles. The molecule has 2 amide bonds. The third kappa shape index (κ3) is 3.90. The number of halogens is 1. The number of hydrogen-bond acceptors (Lipinski definition) is 3. The highest BCUT2D eigenvalue weighted by molar-refractivity contribution is 5.98. The van der Waals surface area contributed by atoms with Crippen molar-refractivity contribution in [2.24, 2.45) is 5.41 Å². The van der Waals surface area contributed by atoms with E-state index >= 15 is 0 Å². The number of nitrogens with one attached hydrogen (secondary N) is 2. The normalized spacial score (nSPS) is 21.4. The fourth-order valence-electron chi connectivity index (χ4n) is 4.26. The average molecular weight is 395 g/mol. The van der Waals surface area contributed by atoms with Crippen LogP contribution in [0, 0.1) is 11.2 Å². The summed E-state index contributed by atoms with van der Waals surface area (Å²) in [6, 6.07) is 12.6. The maximum atomic E-state index is 14.9. The van der Waals surface area contributed by atoms with Crippen molar-refractivity contribution < 1.29 is 14.0 Å². The molecule has 2 aromatic rings. The van der Waals surface area contributed by atoms with E-state index in [-0.39, 0.29) is 23.3 Å². The van der Waals surface area contributed by atoms with Crippen LogP contribution in [0.3, 0.4) is 0 Å². The van der Waals surface area contributed by atoms with Crippen LogP contribution in [0.15, 0.2) is 42.5 Å². The summed E-state index contributed by atoms with van der Waals surface area (Å²) >= 11 is 0. The quantitative estimate of drug-likeness (QED) is 0.838. The van der Waals surface area contributed by atoms with Crippen LogP contribution < -0.4 is 10.6 Å². The van der Waals surface area contributed by atoms with E-state index in [1.54, 1.807) is 23.1 Å². The van der Waals surface area contributed by atoms with Gasteiger partial charge in [-0.25, -0.2) is 4.39 Å². The zero-order valence-corrected chi connectivity index (χ0v) is 16.6. The van der Waals surface area contributed by atoms with Crippen LogP contribution in [0.1, 0.15) is 41.3 Å². The van der Waals surface area contributed by atoms with Gasteiger partial charge in [-0.3, -0.25) is 9.59 Å². The topological polar surface area (TPSA) is 61.4 Å². The Kier molecular flexibility index (Phi) is 5.37. The molecule has 4 rings (SSSR count). The van der Waals surface area contributed by atoms with Crippen molar-refractivity contribution in [3.05, 3.63) is 65.0 Å². The zero-order valence-electron chi connectivity index (χ0n) is 16.6. The number of rotatable bonds is 3. The Morgan fingerprint density at radius 2 is 1.97 bits per heavy atom. The van der Waals surface area contributed by atoms with E-state index in [0.29, 0.717) is 43.6 Å². The van der Waals surface area contributed by atoms with Crippen molar-refractivity contribution in [1.82, 2.24) is 10.2 Å². The summed E-state index contributed by atoms with van der Waals surface area (Å²) in [6.07, 6.45) is 2.01. The molecule has 29 heavy (non-hydrogen) atoms. The summed E-state index contributed by atoms with van der Waals surface area (Å²) in [5, 5.41) is 6.02. The molecular weight excluding hydrogens is 369 g/mol. The van der Waals surface area contributed by atoms with E-state index in [4.69, 9.17) is 0 Å². The molecule has 2 aliphatic rings. The molecule has 2 aromatic carbocycles. The second-order valence-electron chi connectivity index (χ2n) is 8.20. The standard InChI is InChI=1S/C23H26FN3O2/c1-23(11-5-13-27(15-23)21(28)16-6-3-2-4-7-16)22(29)26-19-9-8-17-14-25-12-10-18(17)20(19)24/h2-4,6-9,25H,5,10-15H2,1H3,(H,26,29). The predicted molar refractivity (Wildman–Crippen MR) is 110 cm³/mol. The lowest BCUT2D eigenvalue weighted by molar-refractivity contribution is -0.127. The summed E-state index contributed by atoms with van der Waals surface area (Å²) < 4.78 is 14.9. The summed E-state index contributed by atoms with van der Waals surface area (Å²) in [5.41, 5.74) is 1.70. The molecule has 2 N–H and O–H groups in total. The molecule has 0 aromatic heterocycles. The number of anilines is 1. The number of likely N-dealkylation sites (tertiary alicyclic amines) is 1. The Hall–Kier alpha value is -2.73. The third-order valence-electron chi connectivity index (χ3n) is 6.01. The lowest BCUT2D eigenvalue weighted by atomic mass is 9.80. The van der Waals surface area contributed by atoms with Crippen LogP contribution in [0.4, 0.5) is 10.1 Å². The molecule has 0 bridgehead atoms. The Labute approximate surface area is 170 Å². The summed E-state index contributed by atoms with van der Waals surface area (Å²) in [7, 11) is 0. The lowest BCUT2D eigenvalue weighted by Gasteiger charge is -2.39. The SMILES string of the molecule is CC1(C(=O)Nc2ccc3c(c2F)CCNC3)CCCN(C(=O)c2ccccc2)C1. The first-order valence-electron chi connectivity index (χ1n) is 10.1. The largest absolute Gasteiger partial charge is 0.338 e. The van der Waals surface area contributed by atoms with Crippen molar-refractivity contribution in [2.45, 2.75) is 32.7 Å². The van der Waals surface area contributed by atoms with Crippen LogP contribution in [-0.2, 0) is 17.8 Å². The van der Waals surface area contributed by atoms with E-state index in [0.717, 1.165) is 18.5 Å². The number of fused-ring (bicyclic) bond motifs is 1. The average Bonchev–Trinajstić information content (AvgIpc) is 2.76. The molecule has 0 saturated carbocycles. The summed E-state index contributed by atoms with van der Waals surface area (Å²) in [6.45, 7) is 4.18. The van der Waals surface area contributed by atoms with Crippen molar-refractivity contribution >= 4 is 17.5 Å². The highest BCUT2D eigenvalue weighted by Crippen LogP contribution is 2.33. The van der Waals surface area contributed by atoms with Gasteiger partial charge in [-0.2, -0.15) is 0 Å². The lowest BCUT2D eigenvalue weighted by Crippen LogP contribution is -2.50. The van der Waals surface area contributed by atoms with Gasteiger partial charge in [0.05, 0.1) is 11.1 Å². The number of benzene rings is 2. The van der Waals surface area contributed by atoms with Crippen molar-refractivity contribution in [3.8, 4) is 0 Å². The smallest absolute Gasteiger partial charge is 0.253 e. The van der Waals surface area contributed by atoms with Crippen LogP contribution in [0.2, 0.25) is 0 Å². The third-order valence-corrected chi connectivity index (χ3v) is 6.01. The van der Waals surface area contributed by atoms with Gasteiger partial charge >= 0.3 is 0 Å². The first-order chi connectivity index (χ1) is 14.0. The monoisotopic (exact) mass is 395 g/mol. The number of carbonyl (C=O) groups is 2. The number of nitrogens with zero attached hydrogens (tertiary/aromatic N) is 1. The van der Waals surface area contributed by atoms with E-state index in [9.17, 15) is 14.0 Å². The van der Waals surface area contributed by atoms with Crippen LogP contribution in [0.5, 0.6) is 0 Å². The van der Waals surface area contributed by atoms with Crippen molar-refractivity contribution in [3.63, 3.8) is 0 Å². The van der Waals surface area contributed by atoms with E-state index in [2.05, 4.69) is 10.6 Å². The van der Waals surface area contributed by atoms with Crippen molar-refractivity contribution in [2.75, 3.05) is 25.0 Å². The summed E-state index contributed by atoms with van der Waals surface area (Å²) in [4.78, 5) is 27.6. The number of amides is 2. The molecule has 0 radical (unpaired) electrons. The fraction of sp³-hybridized carbons (Fsp3) is 0.391. The summed E-state index contributed by atoms with van der Waals surface area (Å²) in [5.74, 6) is -0.651. The molecule has 5 nitrogen and oxygen atoms in total. The fourth-order valence-corrected chi connectivity index (χ4v) is 4.26. The van der Waals surface area contributed by atoms with Gasteiger partial charge in [0, 0.05) is 25.2 Å². The van der Waals surface area contributed by atoms with Gasteiger partial charge in [-0.05, 0) is 62.1 Å². The van der Waals surface area contributed by atoms with E-state index in [1.165, 1.54) is 0 Å². The molecule has 2 aliphatic heterocycles. The van der Waals surface area contributed by atoms with Gasteiger partial charge in [0.15, 0.2) is 0 Å². The zero-order chi connectivity index (χ0) is 20.4. The van der Waals surface area contributed by atoms with E-state index < -0.39 is 5.41 Å². The minimum Gasteiger partial charge on any atom is -0.338 e. The molecule has 1 atom stereocenters. The number of carbonyl (C=O) groups excluding carboxylic acids is 2. The Morgan fingerprint density at radius 3 is 2.76 bits per heavy atom. The molecule has 6 heteroatoms. The maximum Gasteiger partial charge on any atom is 0.253 e. The van der Waals surface area contributed by atoms with Crippen molar-refractivity contribution in [1.29, 1.82) is 0 Å². The van der Waals surface area contributed by atoms with Gasteiger partial charge in [-0.15, -0.1) is 0 Å². The Balaban J connectivity index is 1.50. The Bertz CT molecular complexity index is 931. The predicted octanol–water partition coefficient (Wildman–Crippen LogP) is 3.35. The maximum absolute atomic E-state index is 14.9. The molecule has 0 spiro atoms. The van der Waals surface area contributed by atoms with Crippen LogP contribution in [-0.4, -0.2) is 36.3 Å². The van der Waals surface area contributed by atoms with Gasteiger partial charge in [0.2, 0.25) is 5.91 Å². The molecule has 0 aliphatic carbocycles. The van der Waals surface area contributed by atoms with Gasteiger partial charge in [0.1, 0.15) is 5.82 Å². The second kappa shape index (κ2) is 7.95. The molecule has 1 saturated heterocycles. The van der Waals surface area contributed by atoms with Gasteiger partial charge in [-0.1, -0.05) is 24.3 Å². The van der Waals surface area contributed by atoms with Crippen LogP contribution in [0.25, 0.3) is 0 Å². The first-order valence-corrected chi connectivity index (χ1v) is 10.1. The molecule has 1 unspecified atom stereocenters. The molecular formula is C23H26FN3O2. The first kappa shape index (κ1) is 19.6. The van der Waals surface area contributed by atoms with E-state index in [1.807, 2.05) is 31.2 Å². The molecule has 1 fully saturated rings. The number of hydrogen-bond donors (Lipinski definition) is 2. The minimum absolute atomic E-state index is 0.0724. The van der Waals surface area contributed by atoms with Crippen LogP contribution >= 0.6 is 0 Å². The highest BCUT2D eigenvalue weighted by Gasteiger charge is 2.40.